The van der Waals surface area contributed by atoms with Crippen LogP contribution in [0.3, 0.4) is 0 Å². The summed E-state index contributed by atoms with van der Waals surface area (Å²) in [5, 5.41) is 3.46. The average molecular weight is 387 g/mol. The Morgan fingerprint density at radius 2 is 1.93 bits per heavy atom. The Labute approximate surface area is 164 Å². The number of rotatable bonds is 4. The van der Waals surface area contributed by atoms with E-state index < -0.39 is 0 Å². The first-order valence-corrected chi connectivity index (χ1v) is 9.76. The number of benzene rings is 2. The van der Waals surface area contributed by atoms with Crippen LogP contribution in [0.25, 0.3) is 0 Å². The van der Waals surface area contributed by atoms with Gasteiger partial charge < -0.3 is 14.8 Å². The molecule has 2 aliphatic rings. The Balaban J connectivity index is 1.45. The van der Waals surface area contributed by atoms with Gasteiger partial charge in [0, 0.05) is 12.5 Å². The van der Waals surface area contributed by atoms with Crippen molar-refractivity contribution in [3.8, 4) is 11.5 Å². The van der Waals surface area contributed by atoms with E-state index in [0.29, 0.717) is 30.5 Å². The summed E-state index contributed by atoms with van der Waals surface area (Å²) in [6.45, 7) is 2.59. The van der Waals surface area contributed by atoms with Gasteiger partial charge in [-0.15, -0.1) is 0 Å². The van der Waals surface area contributed by atoms with Crippen LogP contribution in [0, 0.1) is 0 Å². The van der Waals surface area contributed by atoms with Gasteiger partial charge in [0.1, 0.15) is 0 Å². The molecule has 1 saturated heterocycles. The van der Waals surface area contributed by atoms with Gasteiger partial charge in [0.05, 0.1) is 30.5 Å². The zero-order valence-electron chi connectivity index (χ0n) is 15.1. The summed E-state index contributed by atoms with van der Waals surface area (Å²) in [4.78, 5) is 14.7. The highest BCUT2D eigenvalue weighted by Gasteiger charge is 2.28. The summed E-state index contributed by atoms with van der Waals surface area (Å²) in [5.74, 6) is 1.55. The first-order valence-electron chi connectivity index (χ1n) is 9.39. The van der Waals surface area contributed by atoms with E-state index in [0.717, 1.165) is 37.3 Å². The largest absolute Gasteiger partial charge is 0.490 e. The molecule has 142 valence electrons. The molecule has 2 aromatic rings. The molecule has 0 saturated carbocycles. The van der Waals surface area contributed by atoms with Crippen molar-refractivity contribution in [1.29, 1.82) is 0 Å². The van der Waals surface area contributed by atoms with E-state index in [1.165, 1.54) is 5.56 Å². The summed E-state index contributed by atoms with van der Waals surface area (Å²) < 4.78 is 11.5. The highest BCUT2D eigenvalue weighted by molar-refractivity contribution is 6.33. The van der Waals surface area contributed by atoms with Crippen LogP contribution in [0.15, 0.2) is 42.5 Å². The number of para-hydroxylation sites is 1. The third-order valence-corrected chi connectivity index (χ3v) is 5.34. The van der Waals surface area contributed by atoms with Gasteiger partial charge >= 0.3 is 0 Å². The van der Waals surface area contributed by atoms with E-state index in [1.807, 2.05) is 24.3 Å². The number of anilines is 1. The number of carbonyl (C=O) groups excluding carboxylic acids is 1. The minimum absolute atomic E-state index is 0.0515. The third-order valence-electron chi connectivity index (χ3n) is 5.01. The van der Waals surface area contributed by atoms with Crippen molar-refractivity contribution >= 4 is 23.2 Å². The number of ether oxygens (including phenoxy) is 2. The molecule has 0 spiro atoms. The predicted molar refractivity (Wildman–Crippen MR) is 106 cm³/mol. The van der Waals surface area contributed by atoms with Crippen LogP contribution in [0.2, 0.25) is 5.02 Å². The Hall–Kier alpha value is -2.24. The van der Waals surface area contributed by atoms with Gasteiger partial charge in [0.25, 0.3) is 0 Å². The van der Waals surface area contributed by atoms with Crippen molar-refractivity contribution in [2.75, 3.05) is 31.6 Å². The minimum Gasteiger partial charge on any atom is -0.490 e. The molecule has 27 heavy (non-hydrogen) atoms. The van der Waals surface area contributed by atoms with Gasteiger partial charge in [0.2, 0.25) is 5.91 Å². The van der Waals surface area contributed by atoms with E-state index in [-0.39, 0.29) is 11.9 Å². The van der Waals surface area contributed by atoms with Crippen LogP contribution < -0.4 is 14.8 Å². The Kier molecular flexibility index (Phi) is 5.50. The predicted octanol–water partition coefficient (Wildman–Crippen LogP) is 4.28. The van der Waals surface area contributed by atoms with Gasteiger partial charge in [-0.2, -0.15) is 0 Å². The zero-order chi connectivity index (χ0) is 18.6. The molecule has 2 aromatic carbocycles. The van der Waals surface area contributed by atoms with Crippen molar-refractivity contribution in [2.45, 2.75) is 25.3 Å². The Morgan fingerprint density at radius 3 is 2.78 bits per heavy atom. The summed E-state index contributed by atoms with van der Waals surface area (Å²) >= 11 is 6.14. The van der Waals surface area contributed by atoms with Gasteiger partial charge in [-0.3, -0.25) is 9.69 Å². The smallest absolute Gasteiger partial charge is 0.238 e. The van der Waals surface area contributed by atoms with Gasteiger partial charge in [-0.25, -0.2) is 0 Å². The maximum absolute atomic E-state index is 12.5. The molecule has 0 radical (unpaired) electrons. The molecule has 1 N–H and O–H groups in total. The van der Waals surface area contributed by atoms with E-state index in [1.54, 1.807) is 6.07 Å². The van der Waals surface area contributed by atoms with Crippen molar-refractivity contribution < 1.29 is 14.3 Å². The van der Waals surface area contributed by atoms with E-state index in [9.17, 15) is 4.79 Å². The molecule has 2 heterocycles. The minimum atomic E-state index is -0.0515. The summed E-state index contributed by atoms with van der Waals surface area (Å²) in [5.41, 5.74) is 1.82. The molecule has 6 heteroatoms. The molecule has 4 rings (SSSR count). The van der Waals surface area contributed by atoms with Crippen LogP contribution in [-0.4, -0.2) is 37.1 Å². The molecule has 5 nitrogen and oxygen atoms in total. The highest BCUT2D eigenvalue weighted by Crippen LogP contribution is 2.37. The number of hydrogen-bond donors (Lipinski definition) is 1. The molecule has 0 aromatic heterocycles. The fraction of sp³-hybridized carbons (Fsp3) is 0.381. The summed E-state index contributed by atoms with van der Waals surface area (Å²) in [6, 6.07) is 13.6. The van der Waals surface area contributed by atoms with Crippen LogP contribution in [0.1, 0.15) is 30.9 Å². The number of fused-ring (bicyclic) bond motifs is 1. The van der Waals surface area contributed by atoms with Gasteiger partial charge in [0.15, 0.2) is 11.5 Å². The van der Waals surface area contributed by atoms with Crippen molar-refractivity contribution in [1.82, 2.24) is 4.90 Å². The van der Waals surface area contributed by atoms with Crippen LogP contribution in [-0.2, 0) is 4.79 Å². The van der Waals surface area contributed by atoms with Gasteiger partial charge in [-0.05, 0) is 49.2 Å². The second kappa shape index (κ2) is 8.19. The van der Waals surface area contributed by atoms with Crippen LogP contribution >= 0.6 is 11.6 Å². The Morgan fingerprint density at radius 1 is 1.11 bits per heavy atom. The van der Waals surface area contributed by atoms with Crippen molar-refractivity contribution in [3.63, 3.8) is 0 Å². The molecule has 0 bridgehead atoms. The number of nitrogens with zero attached hydrogens (tertiary/aromatic N) is 1. The first kappa shape index (κ1) is 18.1. The number of carbonyl (C=O) groups is 1. The second-order valence-corrected chi connectivity index (χ2v) is 7.32. The lowest BCUT2D eigenvalue weighted by Crippen LogP contribution is -2.33. The molecular weight excluding hydrogens is 364 g/mol. The normalized spacial score (nSPS) is 19.5. The highest BCUT2D eigenvalue weighted by atomic mass is 35.5. The van der Waals surface area contributed by atoms with Crippen LogP contribution in [0.4, 0.5) is 5.69 Å². The molecule has 1 fully saturated rings. The molecule has 1 amide bonds. The fourth-order valence-electron chi connectivity index (χ4n) is 3.72. The van der Waals surface area contributed by atoms with Gasteiger partial charge in [-0.1, -0.05) is 29.8 Å². The fourth-order valence-corrected chi connectivity index (χ4v) is 3.90. The molecule has 1 atom stereocenters. The van der Waals surface area contributed by atoms with E-state index >= 15 is 0 Å². The average Bonchev–Trinajstić information content (AvgIpc) is 2.99. The number of halogens is 1. The molecule has 2 aliphatic heterocycles. The lowest BCUT2D eigenvalue weighted by molar-refractivity contribution is -0.117. The number of likely N-dealkylation sites (tertiary alicyclic amines) is 1. The van der Waals surface area contributed by atoms with E-state index in [4.69, 9.17) is 21.1 Å². The number of nitrogens with one attached hydrogen (secondary N) is 1. The first-order chi connectivity index (χ1) is 13.2. The lowest BCUT2D eigenvalue weighted by atomic mass is 10.0. The topological polar surface area (TPSA) is 50.8 Å². The maximum atomic E-state index is 12.5. The molecular formula is C21H23ClN2O3. The number of amides is 1. The molecule has 0 unspecified atom stereocenters. The maximum Gasteiger partial charge on any atom is 0.238 e. The monoisotopic (exact) mass is 386 g/mol. The SMILES string of the molecule is O=C(CN1CCC[C@@H]1c1ccc2c(c1)OCCCO2)Nc1ccccc1Cl. The third kappa shape index (κ3) is 4.20. The zero-order valence-corrected chi connectivity index (χ0v) is 15.9. The number of hydrogen-bond acceptors (Lipinski definition) is 4. The van der Waals surface area contributed by atoms with Crippen molar-refractivity contribution in [2.24, 2.45) is 0 Å². The Bertz CT molecular complexity index is 827. The van der Waals surface area contributed by atoms with Crippen molar-refractivity contribution in [3.05, 3.63) is 53.1 Å². The summed E-state index contributed by atoms with van der Waals surface area (Å²) in [6.07, 6.45) is 2.99. The quantitative estimate of drug-likeness (QED) is 0.852. The second-order valence-electron chi connectivity index (χ2n) is 6.91. The standard InChI is InChI=1S/C21H23ClN2O3/c22-16-5-1-2-6-17(16)23-21(25)14-24-10-3-7-18(24)15-8-9-19-20(13-15)27-12-4-11-26-19/h1-2,5-6,8-9,13,18H,3-4,7,10-12,14H2,(H,23,25)/t18-/m1/s1. The summed E-state index contributed by atoms with van der Waals surface area (Å²) in [7, 11) is 0. The van der Waals surface area contributed by atoms with Crippen LogP contribution in [0.5, 0.6) is 11.5 Å². The molecule has 0 aliphatic carbocycles. The lowest BCUT2D eigenvalue weighted by Gasteiger charge is -2.25. The van der Waals surface area contributed by atoms with E-state index in [2.05, 4.69) is 22.3 Å².